The molecule has 0 spiro atoms. The highest BCUT2D eigenvalue weighted by atomic mass is 79.9. The number of sulfonamides is 1. The van der Waals surface area contributed by atoms with Crippen LogP contribution in [0.4, 0.5) is 0 Å². The molecule has 0 amide bonds. The smallest absolute Gasteiger partial charge is 0.336 e. The highest BCUT2D eigenvalue weighted by molar-refractivity contribution is 9.10. The van der Waals surface area contributed by atoms with Crippen molar-refractivity contribution < 1.29 is 23.4 Å². The minimum absolute atomic E-state index is 0.138. The number of benzene rings is 1. The molecule has 1 aromatic rings. The van der Waals surface area contributed by atoms with E-state index in [1.54, 1.807) is 0 Å². The van der Waals surface area contributed by atoms with Gasteiger partial charge in [0.1, 0.15) is 0 Å². The quantitative estimate of drug-likeness (QED) is 0.737. The molecular weight excluding hydrogens is 326 g/mol. The first-order valence-corrected chi connectivity index (χ1v) is 7.22. The Morgan fingerprint density at radius 2 is 2.11 bits per heavy atom. The van der Waals surface area contributed by atoms with Crippen LogP contribution in [0.2, 0.25) is 0 Å². The van der Waals surface area contributed by atoms with Crippen molar-refractivity contribution in [2.75, 3.05) is 6.54 Å². The summed E-state index contributed by atoms with van der Waals surface area (Å²) in [5, 5.41) is 17.9. The Morgan fingerprint density at radius 3 is 2.61 bits per heavy atom. The van der Waals surface area contributed by atoms with Gasteiger partial charge in [-0.1, -0.05) is 0 Å². The Kier molecular flexibility index (Phi) is 4.85. The summed E-state index contributed by atoms with van der Waals surface area (Å²) in [6.07, 6.45) is -0.825. The minimum atomic E-state index is -3.82. The normalized spacial score (nSPS) is 13.3. The van der Waals surface area contributed by atoms with E-state index < -0.39 is 22.1 Å². The van der Waals surface area contributed by atoms with Crippen molar-refractivity contribution in [2.24, 2.45) is 0 Å². The summed E-state index contributed by atoms with van der Waals surface area (Å²) in [6, 6.07) is 3.68. The largest absolute Gasteiger partial charge is 0.478 e. The Bertz CT molecular complexity index is 555. The number of hydrogen-bond donors (Lipinski definition) is 3. The summed E-state index contributed by atoms with van der Waals surface area (Å²) >= 11 is 3.02. The van der Waals surface area contributed by atoms with E-state index in [2.05, 4.69) is 20.7 Å². The topological polar surface area (TPSA) is 104 Å². The van der Waals surface area contributed by atoms with Gasteiger partial charge in [0.2, 0.25) is 10.0 Å². The second-order valence-electron chi connectivity index (χ2n) is 3.65. The molecule has 18 heavy (non-hydrogen) atoms. The predicted octanol–water partition coefficient (Wildman–Crippen LogP) is 0.806. The molecule has 0 bridgehead atoms. The highest BCUT2D eigenvalue weighted by Crippen LogP contribution is 2.20. The van der Waals surface area contributed by atoms with Gasteiger partial charge in [0, 0.05) is 11.0 Å². The summed E-state index contributed by atoms with van der Waals surface area (Å²) in [4.78, 5) is 10.7. The van der Waals surface area contributed by atoms with Gasteiger partial charge in [-0.25, -0.2) is 17.9 Å². The van der Waals surface area contributed by atoms with Crippen LogP contribution in [-0.4, -0.2) is 37.2 Å². The van der Waals surface area contributed by atoms with Crippen LogP contribution in [0.15, 0.2) is 27.6 Å². The number of aliphatic hydroxyl groups excluding tert-OH is 1. The zero-order chi connectivity index (χ0) is 13.9. The number of nitrogens with one attached hydrogen (secondary N) is 1. The number of carboxylic acids is 1. The third kappa shape index (κ3) is 3.77. The zero-order valence-corrected chi connectivity index (χ0v) is 11.8. The maximum Gasteiger partial charge on any atom is 0.336 e. The number of rotatable bonds is 5. The molecule has 0 heterocycles. The van der Waals surface area contributed by atoms with Gasteiger partial charge in [0.05, 0.1) is 16.6 Å². The lowest BCUT2D eigenvalue weighted by atomic mass is 10.2. The molecule has 0 aliphatic carbocycles. The van der Waals surface area contributed by atoms with Crippen molar-refractivity contribution in [3.8, 4) is 0 Å². The first-order chi connectivity index (χ1) is 8.24. The zero-order valence-electron chi connectivity index (χ0n) is 9.42. The molecule has 1 aromatic carbocycles. The highest BCUT2D eigenvalue weighted by Gasteiger charge is 2.18. The molecular formula is C10H12BrNO5S. The molecule has 0 saturated heterocycles. The van der Waals surface area contributed by atoms with Gasteiger partial charge in [0.25, 0.3) is 0 Å². The minimum Gasteiger partial charge on any atom is -0.478 e. The van der Waals surface area contributed by atoms with Crippen LogP contribution in [0.5, 0.6) is 0 Å². The van der Waals surface area contributed by atoms with Crippen molar-refractivity contribution in [1.29, 1.82) is 0 Å². The van der Waals surface area contributed by atoms with Crippen LogP contribution in [0.3, 0.4) is 0 Å². The van der Waals surface area contributed by atoms with Crippen LogP contribution in [0.1, 0.15) is 17.3 Å². The first kappa shape index (κ1) is 15.1. The number of aliphatic hydroxyl groups is 1. The van der Waals surface area contributed by atoms with Gasteiger partial charge >= 0.3 is 5.97 Å². The third-order valence-corrected chi connectivity index (χ3v) is 4.16. The Hall–Kier alpha value is -0.960. The van der Waals surface area contributed by atoms with Crippen molar-refractivity contribution in [3.63, 3.8) is 0 Å². The summed E-state index contributed by atoms with van der Waals surface area (Å²) in [5.74, 6) is -1.23. The van der Waals surface area contributed by atoms with Crippen LogP contribution in [0.25, 0.3) is 0 Å². The van der Waals surface area contributed by atoms with Gasteiger partial charge < -0.3 is 10.2 Å². The molecule has 0 fully saturated rings. The monoisotopic (exact) mass is 337 g/mol. The first-order valence-electron chi connectivity index (χ1n) is 4.94. The van der Waals surface area contributed by atoms with Gasteiger partial charge in [-0.3, -0.25) is 0 Å². The summed E-state index contributed by atoms with van der Waals surface area (Å²) in [6.45, 7) is 1.30. The van der Waals surface area contributed by atoms with Crippen molar-refractivity contribution in [1.82, 2.24) is 4.72 Å². The molecule has 8 heteroatoms. The molecule has 6 nitrogen and oxygen atoms in total. The molecule has 0 aromatic heterocycles. The van der Waals surface area contributed by atoms with Crippen LogP contribution >= 0.6 is 15.9 Å². The lowest BCUT2D eigenvalue weighted by Crippen LogP contribution is -2.30. The van der Waals surface area contributed by atoms with E-state index in [1.165, 1.54) is 19.1 Å². The van der Waals surface area contributed by atoms with E-state index >= 15 is 0 Å². The molecule has 1 atom stereocenters. The predicted molar refractivity (Wildman–Crippen MR) is 68.0 cm³/mol. The van der Waals surface area contributed by atoms with Crippen LogP contribution < -0.4 is 4.72 Å². The van der Waals surface area contributed by atoms with Gasteiger partial charge in [-0.05, 0) is 41.1 Å². The second kappa shape index (κ2) is 5.79. The maximum absolute atomic E-state index is 11.8. The van der Waals surface area contributed by atoms with Gasteiger partial charge in [-0.15, -0.1) is 0 Å². The third-order valence-electron chi connectivity index (χ3n) is 2.05. The second-order valence-corrected chi connectivity index (χ2v) is 6.27. The Balaban J connectivity index is 3.10. The number of aromatic carboxylic acids is 1. The number of hydrogen-bond acceptors (Lipinski definition) is 4. The number of halogens is 1. The van der Waals surface area contributed by atoms with E-state index in [-0.39, 0.29) is 17.0 Å². The summed E-state index contributed by atoms with van der Waals surface area (Å²) in [5.41, 5.74) is -0.144. The molecule has 0 radical (unpaired) electrons. The van der Waals surface area contributed by atoms with Crippen LogP contribution in [0, 0.1) is 0 Å². The maximum atomic E-state index is 11.8. The fraction of sp³-hybridized carbons (Fsp3) is 0.300. The van der Waals surface area contributed by atoms with Crippen LogP contribution in [-0.2, 0) is 10.0 Å². The summed E-state index contributed by atoms with van der Waals surface area (Å²) in [7, 11) is -3.82. The van der Waals surface area contributed by atoms with E-state index in [0.29, 0.717) is 4.47 Å². The fourth-order valence-corrected chi connectivity index (χ4v) is 2.71. The molecule has 0 saturated carbocycles. The molecule has 3 N–H and O–H groups in total. The molecule has 1 rings (SSSR count). The Morgan fingerprint density at radius 1 is 1.50 bits per heavy atom. The van der Waals surface area contributed by atoms with Gasteiger partial charge in [-0.2, -0.15) is 0 Å². The molecule has 1 unspecified atom stereocenters. The number of carboxylic acid groups (broad SMARTS) is 1. The van der Waals surface area contributed by atoms with E-state index in [0.717, 1.165) is 6.07 Å². The average molecular weight is 338 g/mol. The number of carbonyl (C=O) groups is 1. The Labute approximate surface area is 113 Å². The van der Waals surface area contributed by atoms with Crippen molar-refractivity contribution >= 4 is 31.9 Å². The van der Waals surface area contributed by atoms with E-state index in [1.807, 2.05) is 0 Å². The summed E-state index contributed by atoms with van der Waals surface area (Å²) < 4.78 is 26.1. The standard InChI is InChI=1S/C10H12BrNO5S/c1-6(13)5-12-18(16,17)7-2-3-9(11)8(4-7)10(14)15/h2-4,6,12-13H,5H2,1H3,(H,14,15). The molecule has 0 aliphatic heterocycles. The lowest BCUT2D eigenvalue weighted by molar-refractivity contribution is 0.0695. The fourth-order valence-electron chi connectivity index (χ4n) is 1.15. The van der Waals surface area contributed by atoms with Crippen molar-refractivity contribution in [2.45, 2.75) is 17.9 Å². The van der Waals surface area contributed by atoms with E-state index in [4.69, 9.17) is 10.2 Å². The SMILES string of the molecule is CC(O)CNS(=O)(=O)c1ccc(Br)c(C(=O)O)c1. The molecule has 0 aliphatic rings. The molecule has 100 valence electrons. The van der Waals surface area contributed by atoms with Gasteiger partial charge in [0.15, 0.2) is 0 Å². The average Bonchev–Trinajstić information content (AvgIpc) is 2.26. The lowest BCUT2D eigenvalue weighted by Gasteiger charge is -2.09. The van der Waals surface area contributed by atoms with E-state index in [9.17, 15) is 13.2 Å². The van der Waals surface area contributed by atoms with Crippen molar-refractivity contribution in [3.05, 3.63) is 28.2 Å².